The van der Waals surface area contributed by atoms with E-state index in [1.54, 1.807) is 25.1 Å². The summed E-state index contributed by atoms with van der Waals surface area (Å²) in [4.78, 5) is 16.3. The second-order valence-corrected chi connectivity index (χ2v) is 4.55. The number of hydrogen-bond donors (Lipinski definition) is 1. The Bertz CT molecular complexity index is 766. The first kappa shape index (κ1) is 13.1. The van der Waals surface area contributed by atoms with E-state index in [4.69, 9.17) is 4.52 Å². The van der Waals surface area contributed by atoms with Crippen LogP contribution in [0.15, 0.2) is 59.1 Å². The number of nitrogens with one attached hydrogen (secondary N) is 1. The Labute approximate surface area is 121 Å². The lowest BCUT2D eigenvalue weighted by atomic mass is 10.1. The summed E-state index contributed by atoms with van der Waals surface area (Å²) in [6.45, 7) is 1.76. The van der Waals surface area contributed by atoms with E-state index in [0.717, 1.165) is 5.56 Å². The number of nitrogens with zero attached hydrogens (tertiary/aromatic N) is 2. The number of amides is 1. The van der Waals surface area contributed by atoms with E-state index >= 15 is 0 Å². The molecule has 0 saturated carbocycles. The van der Waals surface area contributed by atoms with Crippen LogP contribution in [0.4, 0.5) is 5.69 Å². The Morgan fingerprint density at radius 3 is 2.62 bits per heavy atom. The topological polar surface area (TPSA) is 68.0 Å². The fraction of sp³-hybridized carbons (Fsp3) is 0.0625. The van der Waals surface area contributed by atoms with Crippen molar-refractivity contribution in [2.75, 3.05) is 5.32 Å². The quantitative estimate of drug-likeness (QED) is 0.798. The molecule has 21 heavy (non-hydrogen) atoms. The van der Waals surface area contributed by atoms with Gasteiger partial charge in [-0.2, -0.15) is 4.98 Å². The molecule has 0 bridgehead atoms. The molecule has 3 rings (SSSR count). The van der Waals surface area contributed by atoms with E-state index in [1.165, 1.54) is 0 Å². The zero-order chi connectivity index (χ0) is 14.7. The number of anilines is 1. The van der Waals surface area contributed by atoms with E-state index in [1.807, 2.05) is 36.4 Å². The SMILES string of the molecule is Cc1noc(-c2cccc(NC(=O)c3ccccc3)c2)n1. The number of aryl methyl sites for hydroxylation is 1. The molecule has 0 atom stereocenters. The van der Waals surface area contributed by atoms with Crippen molar-refractivity contribution in [1.82, 2.24) is 10.1 Å². The van der Waals surface area contributed by atoms with Crippen LogP contribution in [0.3, 0.4) is 0 Å². The van der Waals surface area contributed by atoms with Gasteiger partial charge >= 0.3 is 0 Å². The molecule has 5 heteroatoms. The van der Waals surface area contributed by atoms with Crippen molar-refractivity contribution in [1.29, 1.82) is 0 Å². The number of rotatable bonds is 3. The minimum Gasteiger partial charge on any atom is -0.334 e. The van der Waals surface area contributed by atoms with Crippen molar-refractivity contribution >= 4 is 11.6 Å². The molecule has 0 radical (unpaired) electrons. The van der Waals surface area contributed by atoms with Crippen molar-refractivity contribution < 1.29 is 9.32 Å². The molecule has 0 spiro atoms. The van der Waals surface area contributed by atoms with Gasteiger partial charge < -0.3 is 9.84 Å². The summed E-state index contributed by atoms with van der Waals surface area (Å²) in [6.07, 6.45) is 0. The molecular weight excluding hydrogens is 266 g/mol. The fourth-order valence-corrected chi connectivity index (χ4v) is 1.94. The zero-order valence-electron chi connectivity index (χ0n) is 11.4. The Morgan fingerprint density at radius 1 is 1.10 bits per heavy atom. The Kier molecular flexibility index (Phi) is 3.47. The lowest BCUT2D eigenvalue weighted by molar-refractivity contribution is 0.102. The first-order valence-electron chi connectivity index (χ1n) is 6.49. The Balaban J connectivity index is 1.82. The molecule has 1 heterocycles. The first-order valence-corrected chi connectivity index (χ1v) is 6.49. The van der Waals surface area contributed by atoms with Gasteiger partial charge in [0.25, 0.3) is 11.8 Å². The van der Waals surface area contributed by atoms with Crippen LogP contribution in [0.25, 0.3) is 11.5 Å². The van der Waals surface area contributed by atoms with E-state index < -0.39 is 0 Å². The summed E-state index contributed by atoms with van der Waals surface area (Å²) < 4.78 is 5.12. The maximum Gasteiger partial charge on any atom is 0.257 e. The molecule has 5 nitrogen and oxygen atoms in total. The highest BCUT2D eigenvalue weighted by Gasteiger charge is 2.09. The van der Waals surface area contributed by atoms with Gasteiger partial charge in [-0.1, -0.05) is 29.4 Å². The minimum atomic E-state index is -0.158. The molecule has 1 N–H and O–H groups in total. The first-order chi connectivity index (χ1) is 10.2. The lowest BCUT2D eigenvalue weighted by Gasteiger charge is -2.06. The molecule has 2 aromatic carbocycles. The molecule has 104 valence electrons. The summed E-state index contributed by atoms with van der Waals surface area (Å²) in [5.74, 6) is 0.849. The van der Waals surface area contributed by atoms with Crippen molar-refractivity contribution in [3.8, 4) is 11.5 Å². The van der Waals surface area contributed by atoms with Crippen LogP contribution in [-0.2, 0) is 0 Å². The van der Waals surface area contributed by atoms with Crippen LogP contribution in [0.2, 0.25) is 0 Å². The largest absolute Gasteiger partial charge is 0.334 e. The average molecular weight is 279 g/mol. The number of aromatic nitrogens is 2. The smallest absolute Gasteiger partial charge is 0.257 e. The Hall–Kier alpha value is -2.95. The van der Waals surface area contributed by atoms with Crippen molar-refractivity contribution in [2.24, 2.45) is 0 Å². The van der Waals surface area contributed by atoms with E-state index in [0.29, 0.717) is 23.0 Å². The van der Waals surface area contributed by atoms with Gasteiger partial charge in [0.05, 0.1) is 0 Å². The summed E-state index contributed by atoms with van der Waals surface area (Å²) in [5.41, 5.74) is 2.05. The molecule has 1 amide bonds. The van der Waals surface area contributed by atoms with Gasteiger partial charge in [-0.25, -0.2) is 0 Å². The number of carbonyl (C=O) groups excluding carboxylic acids is 1. The summed E-state index contributed by atoms with van der Waals surface area (Å²) in [7, 11) is 0. The normalized spacial score (nSPS) is 10.3. The van der Waals surface area contributed by atoms with Crippen LogP contribution >= 0.6 is 0 Å². The van der Waals surface area contributed by atoms with Gasteiger partial charge in [0.15, 0.2) is 5.82 Å². The summed E-state index contributed by atoms with van der Waals surface area (Å²) >= 11 is 0. The predicted octanol–water partition coefficient (Wildman–Crippen LogP) is 3.30. The van der Waals surface area contributed by atoms with Gasteiger partial charge in [0.1, 0.15) is 0 Å². The van der Waals surface area contributed by atoms with Crippen molar-refractivity contribution in [3.05, 3.63) is 66.0 Å². The third-order valence-electron chi connectivity index (χ3n) is 2.93. The average Bonchev–Trinajstić information content (AvgIpc) is 2.95. The van der Waals surface area contributed by atoms with Crippen LogP contribution < -0.4 is 5.32 Å². The number of benzene rings is 2. The monoisotopic (exact) mass is 279 g/mol. The minimum absolute atomic E-state index is 0.158. The van der Waals surface area contributed by atoms with Gasteiger partial charge in [-0.05, 0) is 37.3 Å². The number of hydrogen-bond acceptors (Lipinski definition) is 4. The van der Waals surface area contributed by atoms with Crippen molar-refractivity contribution in [2.45, 2.75) is 6.92 Å². The summed E-state index contributed by atoms with van der Waals surface area (Å²) in [5, 5.41) is 6.60. The number of carbonyl (C=O) groups is 1. The van der Waals surface area contributed by atoms with E-state index in [2.05, 4.69) is 15.5 Å². The fourth-order valence-electron chi connectivity index (χ4n) is 1.94. The second kappa shape index (κ2) is 5.58. The maximum absolute atomic E-state index is 12.1. The van der Waals surface area contributed by atoms with Gasteiger partial charge in [0.2, 0.25) is 0 Å². The zero-order valence-corrected chi connectivity index (χ0v) is 11.4. The molecule has 0 saturated heterocycles. The third kappa shape index (κ3) is 2.97. The van der Waals surface area contributed by atoms with Crippen LogP contribution in [0.5, 0.6) is 0 Å². The Morgan fingerprint density at radius 2 is 1.90 bits per heavy atom. The maximum atomic E-state index is 12.1. The molecule has 0 aliphatic rings. The highest BCUT2D eigenvalue weighted by Crippen LogP contribution is 2.21. The molecule has 0 aliphatic heterocycles. The highest BCUT2D eigenvalue weighted by atomic mass is 16.5. The molecule has 0 aliphatic carbocycles. The van der Waals surface area contributed by atoms with Crippen LogP contribution in [0.1, 0.15) is 16.2 Å². The molecule has 0 unspecified atom stereocenters. The molecular formula is C16H13N3O2. The molecule has 0 fully saturated rings. The van der Waals surface area contributed by atoms with Gasteiger partial charge in [-0.15, -0.1) is 0 Å². The van der Waals surface area contributed by atoms with Gasteiger partial charge in [-0.3, -0.25) is 4.79 Å². The van der Waals surface area contributed by atoms with E-state index in [-0.39, 0.29) is 5.91 Å². The lowest BCUT2D eigenvalue weighted by Crippen LogP contribution is -2.11. The molecule has 3 aromatic rings. The van der Waals surface area contributed by atoms with Crippen molar-refractivity contribution in [3.63, 3.8) is 0 Å². The predicted molar refractivity (Wildman–Crippen MR) is 78.9 cm³/mol. The van der Waals surface area contributed by atoms with Crippen LogP contribution in [0, 0.1) is 6.92 Å². The molecule has 1 aromatic heterocycles. The second-order valence-electron chi connectivity index (χ2n) is 4.55. The highest BCUT2D eigenvalue weighted by molar-refractivity contribution is 6.04. The summed E-state index contributed by atoms with van der Waals surface area (Å²) in [6, 6.07) is 16.3. The third-order valence-corrected chi connectivity index (χ3v) is 2.93. The van der Waals surface area contributed by atoms with E-state index in [9.17, 15) is 4.79 Å². The standard InChI is InChI=1S/C16H13N3O2/c1-11-17-16(21-19-11)13-8-5-9-14(10-13)18-15(20)12-6-3-2-4-7-12/h2-10H,1H3,(H,18,20). The van der Waals surface area contributed by atoms with Gasteiger partial charge in [0, 0.05) is 16.8 Å². The van der Waals surface area contributed by atoms with Crippen LogP contribution in [-0.4, -0.2) is 16.0 Å².